The van der Waals surface area contributed by atoms with Gasteiger partial charge in [-0.1, -0.05) is 51.4 Å². The average Bonchev–Trinajstić information content (AvgIpc) is 2.27. The number of rotatable bonds is 0. The molecular formula is C13H24N2. The van der Waals surface area contributed by atoms with Crippen molar-refractivity contribution in [2.24, 2.45) is 9.98 Å². The Morgan fingerprint density at radius 2 is 0.800 bits per heavy atom. The maximum Gasteiger partial charge on any atom is 0.0892 e. The standard InChI is InChI=1S/C13H24N2/c1-2-4-6-8-10-12-15-13-14-11-9-7-5-3-1/h1-12H2. The van der Waals surface area contributed by atoms with Crippen LogP contribution in [0.4, 0.5) is 0 Å². The lowest BCUT2D eigenvalue weighted by Gasteiger charge is -2.00. The number of nitrogens with zero attached hydrogens (tertiary/aromatic N) is 2. The molecule has 0 amide bonds. The molecule has 2 heteroatoms. The van der Waals surface area contributed by atoms with Crippen molar-refractivity contribution in [1.82, 2.24) is 0 Å². The molecule has 15 heavy (non-hydrogen) atoms. The van der Waals surface area contributed by atoms with E-state index in [1.807, 2.05) is 0 Å². The second-order valence-electron chi connectivity index (χ2n) is 4.40. The fourth-order valence-corrected chi connectivity index (χ4v) is 1.95. The quantitative estimate of drug-likeness (QED) is 0.573. The molecule has 1 aliphatic rings. The van der Waals surface area contributed by atoms with E-state index in [9.17, 15) is 0 Å². The van der Waals surface area contributed by atoms with E-state index in [0.717, 1.165) is 13.1 Å². The molecule has 0 saturated heterocycles. The van der Waals surface area contributed by atoms with Crippen molar-refractivity contribution in [3.05, 3.63) is 0 Å². The zero-order valence-electron chi connectivity index (χ0n) is 9.88. The van der Waals surface area contributed by atoms with Crippen LogP contribution in [0.2, 0.25) is 0 Å². The molecule has 0 aliphatic carbocycles. The van der Waals surface area contributed by atoms with Crippen molar-refractivity contribution < 1.29 is 0 Å². The van der Waals surface area contributed by atoms with Crippen molar-refractivity contribution in [3.8, 4) is 0 Å². The molecule has 0 radical (unpaired) electrons. The van der Waals surface area contributed by atoms with E-state index in [2.05, 4.69) is 16.0 Å². The number of hydrogen-bond donors (Lipinski definition) is 0. The van der Waals surface area contributed by atoms with Crippen LogP contribution in [-0.2, 0) is 0 Å². The van der Waals surface area contributed by atoms with Gasteiger partial charge in [-0.05, 0) is 12.8 Å². The molecule has 86 valence electrons. The summed E-state index contributed by atoms with van der Waals surface area (Å²) >= 11 is 0. The molecule has 0 spiro atoms. The van der Waals surface area contributed by atoms with Crippen molar-refractivity contribution in [2.75, 3.05) is 13.1 Å². The SMILES string of the molecule is C1=NCCCCCCCCCCCCN=1. The van der Waals surface area contributed by atoms with Gasteiger partial charge >= 0.3 is 0 Å². The molecule has 2 nitrogen and oxygen atoms in total. The van der Waals surface area contributed by atoms with Gasteiger partial charge in [0.1, 0.15) is 0 Å². The summed E-state index contributed by atoms with van der Waals surface area (Å²) in [6, 6.07) is 2.80. The van der Waals surface area contributed by atoms with Gasteiger partial charge in [0.25, 0.3) is 0 Å². The maximum atomic E-state index is 4.17. The first-order chi connectivity index (χ1) is 7.50. The van der Waals surface area contributed by atoms with Crippen molar-refractivity contribution in [3.63, 3.8) is 0 Å². The van der Waals surface area contributed by atoms with E-state index in [4.69, 9.17) is 0 Å². The Hall–Kier alpha value is -0.620. The van der Waals surface area contributed by atoms with Gasteiger partial charge in [-0.2, -0.15) is 0 Å². The Morgan fingerprint density at radius 1 is 0.467 bits per heavy atom. The normalized spacial score (nSPS) is 21.9. The molecule has 0 saturated carbocycles. The maximum absolute atomic E-state index is 4.17. The second-order valence-corrected chi connectivity index (χ2v) is 4.40. The molecule has 0 aromatic heterocycles. The van der Waals surface area contributed by atoms with E-state index in [0.29, 0.717) is 0 Å². The lowest BCUT2D eigenvalue weighted by Crippen LogP contribution is -1.83. The Morgan fingerprint density at radius 3 is 1.20 bits per heavy atom. The van der Waals surface area contributed by atoms with Crippen molar-refractivity contribution in [2.45, 2.75) is 64.2 Å². The minimum atomic E-state index is 0.920. The number of hydrogen-bond acceptors (Lipinski definition) is 2. The summed E-state index contributed by atoms with van der Waals surface area (Å²) in [7, 11) is 0. The van der Waals surface area contributed by atoms with E-state index < -0.39 is 0 Å². The summed E-state index contributed by atoms with van der Waals surface area (Å²) in [5, 5.41) is 0. The monoisotopic (exact) mass is 208 g/mol. The zero-order valence-corrected chi connectivity index (χ0v) is 9.88. The molecule has 0 aromatic carbocycles. The molecule has 0 atom stereocenters. The predicted molar refractivity (Wildman–Crippen MR) is 65.8 cm³/mol. The first-order valence-electron chi connectivity index (χ1n) is 6.58. The van der Waals surface area contributed by atoms with Gasteiger partial charge in [0.15, 0.2) is 0 Å². The topological polar surface area (TPSA) is 24.7 Å². The summed E-state index contributed by atoms with van der Waals surface area (Å²) < 4.78 is 0. The van der Waals surface area contributed by atoms with Crippen LogP contribution in [0.3, 0.4) is 0 Å². The van der Waals surface area contributed by atoms with Gasteiger partial charge in [0.05, 0.1) is 6.01 Å². The highest BCUT2D eigenvalue weighted by molar-refractivity contribution is 5.40. The van der Waals surface area contributed by atoms with Crippen molar-refractivity contribution >= 4 is 6.01 Å². The molecule has 0 aromatic rings. The van der Waals surface area contributed by atoms with E-state index >= 15 is 0 Å². The lowest BCUT2D eigenvalue weighted by atomic mass is 10.1. The fraction of sp³-hybridized carbons (Fsp3) is 0.923. The smallest absolute Gasteiger partial charge is 0.0892 e. The van der Waals surface area contributed by atoms with Crippen LogP contribution in [-0.4, -0.2) is 19.1 Å². The van der Waals surface area contributed by atoms with Gasteiger partial charge in [0.2, 0.25) is 0 Å². The Balaban J connectivity index is 2.16. The lowest BCUT2D eigenvalue weighted by molar-refractivity contribution is 0.556. The van der Waals surface area contributed by atoms with Crippen LogP contribution in [0.25, 0.3) is 0 Å². The van der Waals surface area contributed by atoms with E-state index in [1.165, 1.54) is 64.2 Å². The first-order valence-corrected chi connectivity index (χ1v) is 6.58. The third-order valence-corrected chi connectivity index (χ3v) is 2.93. The molecule has 1 heterocycles. The molecule has 1 rings (SSSR count). The van der Waals surface area contributed by atoms with Crippen LogP contribution < -0.4 is 0 Å². The zero-order chi connectivity index (χ0) is 10.6. The van der Waals surface area contributed by atoms with Gasteiger partial charge in [-0.25, -0.2) is 9.98 Å². The molecule has 0 bridgehead atoms. The summed E-state index contributed by atoms with van der Waals surface area (Å²) in [4.78, 5) is 8.33. The van der Waals surface area contributed by atoms with E-state index in [1.54, 1.807) is 0 Å². The highest BCUT2D eigenvalue weighted by Crippen LogP contribution is 2.10. The van der Waals surface area contributed by atoms with Gasteiger partial charge in [-0.3, -0.25) is 0 Å². The minimum absolute atomic E-state index is 0.920. The highest BCUT2D eigenvalue weighted by atomic mass is 14.8. The summed E-state index contributed by atoms with van der Waals surface area (Å²) in [5.41, 5.74) is 0. The third-order valence-electron chi connectivity index (χ3n) is 2.93. The Kier molecular flexibility index (Phi) is 8.23. The van der Waals surface area contributed by atoms with Gasteiger partial charge in [0, 0.05) is 13.1 Å². The summed E-state index contributed by atoms with van der Waals surface area (Å²) in [6.07, 6.45) is 13.5. The largest absolute Gasteiger partial charge is 0.226 e. The Labute approximate surface area is 93.9 Å². The van der Waals surface area contributed by atoms with Crippen molar-refractivity contribution in [1.29, 1.82) is 0 Å². The first kappa shape index (κ1) is 12.4. The van der Waals surface area contributed by atoms with Gasteiger partial charge in [-0.15, -0.1) is 0 Å². The van der Waals surface area contributed by atoms with Crippen LogP contribution in [0.15, 0.2) is 9.98 Å². The number of aliphatic imine (C=N–C) groups is 2. The molecule has 1 aliphatic heterocycles. The second kappa shape index (κ2) is 9.92. The van der Waals surface area contributed by atoms with Crippen LogP contribution in [0, 0.1) is 0 Å². The third kappa shape index (κ3) is 8.38. The molecule has 0 unspecified atom stereocenters. The van der Waals surface area contributed by atoms with Gasteiger partial charge < -0.3 is 0 Å². The minimum Gasteiger partial charge on any atom is -0.226 e. The molecule has 0 N–H and O–H groups in total. The predicted octanol–water partition coefficient (Wildman–Crippen LogP) is 4.07. The van der Waals surface area contributed by atoms with Crippen LogP contribution in [0.5, 0.6) is 0 Å². The van der Waals surface area contributed by atoms with E-state index in [-0.39, 0.29) is 0 Å². The average molecular weight is 208 g/mol. The fourth-order valence-electron chi connectivity index (χ4n) is 1.95. The highest BCUT2D eigenvalue weighted by Gasteiger charge is 1.93. The Bertz CT molecular complexity index is 175. The van der Waals surface area contributed by atoms with Crippen LogP contribution in [0.1, 0.15) is 64.2 Å². The van der Waals surface area contributed by atoms with Crippen LogP contribution >= 0.6 is 0 Å². The molecular weight excluding hydrogens is 184 g/mol. The molecule has 0 fully saturated rings. The summed E-state index contributed by atoms with van der Waals surface area (Å²) in [5.74, 6) is 0. The summed E-state index contributed by atoms with van der Waals surface area (Å²) in [6.45, 7) is 1.84.